The van der Waals surface area contributed by atoms with Gasteiger partial charge in [0, 0.05) is 45.5 Å². The summed E-state index contributed by atoms with van der Waals surface area (Å²) in [4.78, 5) is 13.9. The lowest BCUT2D eigenvalue weighted by molar-refractivity contribution is 0.0696. The average molecular weight is 571 g/mol. The van der Waals surface area contributed by atoms with E-state index in [2.05, 4.69) is 64.5 Å². The second kappa shape index (κ2) is 11.1. The van der Waals surface area contributed by atoms with Gasteiger partial charge in [0.05, 0.1) is 11.1 Å². The van der Waals surface area contributed by atoms with Crippen LogP contribution in [0.1, 0.15) is 69.5 Å². The summed E-state index contributed by atoms with van der Waals surface area (Å²) in [6.45, 7) is 3.95. The minimum absolute atomic E-state index is 0.0169. The molecule has 0 spiro atoms. The molecule has 40 heavy (non-hydrogen) atoms. The van der Waals surface area contributed by atoms with Gasteiger partial charge >= 0.3 is 5.97 Å². The van der Waals surface area contributed by atoms with Gasteiger partial charge in [0.25, 0.3) is 0 Å². The number of likely N-dealkylation sites (tertiary alicyclic amines) is 1. The van der Waals surface area contributed by atoms with Crippen molar-refractivity contribution in [2.45, 2.75) is 31.2 Å². The van der Waals surface area contributed by atoms with Gasteiger partial charge in [0.15, 0.2) is 0 Å². The number of hydrogen-bond donors (Lipinski definition) is 2. The number of hydrogen-bond acceptors (Lipinski definition) is 3. The fourth-order valence-corrected chi connectivity index (χ4v) is 6.20. The molecule has 1 aromatic heterocycles. The van der Waals surface area contributed by atoms with Crippen molar-refractivity contribution in [3.8, 4) is 0 Å². The van der Waals surface area contributed by atoms with Crippen molar-refractivity contribution in [1.29, 1.82) is 0 Å². The van der Waals surface area contributed by atoms with E-state index < -0.39 is 5.97 Å². The third kappa shape index (κ3) is 5.25. The number of rotatable bonds is 7. The Kier molecular flexibility index (Phi) is 7.37. The first-order valence-corrected chi connectivity index (χ1v) is 14.2. The molecule has 0 saturated carbocycles. The standard InChI is InChI=1S/C33H29Cl2N3O2/c1-20(23-3-2-4-25(17-23)33(39)40)38-16-15-26(19-38)32-29-18-24(9-14-30(29)36-37-32)31(21-5-10-27(34)11-6-21)22-7-12-28(35)13-8-22/h2-14,17-18,20,26,31H,15-16,19H2,1H3,(H,36,37)(H,39,40). The summed E-state index contributed by atoms with van der Waals surface area (Å²) in [6.07, 6.45) is 1.00. The predicted octanol–water partition coefficient (Wildman–Crippen LogP) is 8.30. The Labute approximate surface area is 243 Å². The van der Waals surface area contributed by atoms with Crippen LogP contribution < -0.4 is 0 Å². The number of nitrogens with one attached hydrogen (secondary N) is 1. The lowest BCUT2D eigenvalue weighted by Crippen LogP contribution is -2.24. The summed E-state index contributed by atoms with van der Waals surface area (Å²) in [5.74, 6) is -0.582. The number of aromatic carboxylic acids is 1. The van der Waals surface area contributed by atoms with Crippen molar-refractivity contribution < 1.29 is 9.90 Å². The number of benzene rings is 4. The highest BCUT2D eigenvalue weighted by Crippen LogP contribution is 2.38. The number of carbonyl (C=O) groups is 1. The number of aromatic amines is 1. The zero-order valence-electron chi connectivity index (χ0n) is 22.0. The Morgan fingerprint density at radius 2 is 1.55 bits per heavy atom. The van der Waals surface area contributed by atoms with Crippen LogP contribution in [0, 0.1) is 0 Å². The summed E-state index contributed by atoms with van der Waals surface area (Å²) < 4.78 is 0. The molecule has 1 aliphatic heterocycles. The lowest BCUT2D eigenvalue weighted by atomic mass is 9.84. The first-order valence-electron chi connectivity index (χ1n) is 13.4. The minimum atomic E-state index is -0.899. The van der Waals surface area contributed by atoms with E-state index in [0.29, 0.717) is 21.5 Å². The molecule has 0 amide bonds. The van der Waals surface area contributed by atoms with Gasteiger partial charge < -0.3 is 5.11 Å². The van der Waals surface area contributed by atoms with Crippen LogP contribution in [-0.2, 0) is 0 Å². The Hall–Kier alpha value is -3.64. The van der Waals surface area contributed by atoms with Crippen molar-refractivity contribution in [3.63, 3.8) is 0 Å². The smallest absolute Gasteiger partial charge is 0.335 e. The average Bonchev–Trinajstić information content (AvgIpc) is 3.62. The van der Waals surface area contributed by atoms with Crippen LogP contribution in [0.25, 0.3) is 10.9 Å². The van der Waals surface area contributed by atoms with Gasteiger partial charge in [-0.2, -0.15) is 5.10 Å². The highest BCUT2D eigenvalue weighted by Gasteiger charge is 2.30. The fourth-order valence-electron chi connectivity index (χ4n) is 5.94. The number of nitrogens with zero attached hydrogens (tertiary/aromatic N) is 2. The second-order valence-corrected chi connectivity index (χ2v) is 11.4. The Morgan fingerprint density at radius 3 is 2.20 bits per heavy atom. The lowest BCUT2D eigenvalue weighted by Gasteiger charge is -2.25. The van der Waals surface area contributed by atoms with Gasteiger partial charge in [-0.25, -0.2) is 4.79 Å². The molecule has 0 aliphatic carbocycles. The van der Waals surface area contributed by atoms with Crippen LogP contribution in [-0.4, -0.2) is 39.3 Å². The number of halogens is 2. The van der Waals surface area contributed by atoms with Crippen LogP contribution in [0.4, 0.5) is 0 Å². The quantitative estimate of drug-likeness (QED) is 0.193. The van der Waals surface area contributed by atoms with Gasteiger partial charge in [0.1, 0.15) is 0 Å². The Bertz CT molecular complexity index is 1620. The van der Waals surface area contributed by atoms with Gasteiger partial charge in [-0.05, 0) is 90.7 Å². The number of carboxylic acids is 1. The predicted molar refractivity (Wildman–Crippen MR) is 161 cm³/mol. The third-order valence-electron chi connectivity index (χ3n) is 8.14. The van der Waals surface area contributed by atoms with Crippen LogP contribution in [0.2, 0.25) is 10.0 Å². The van der Waals surface area contributed by atoms with Crippen molar-refractivity contribution in [1.82, 2.24) is 15.1 Å². The first-order chi connectivity index (χ1) is 19.4. The molecule has 1 saturated heterocycles. The molecule has 2 unspecified atom stereocenters. The molecular weight excluding hydrogens is 541 g/mol. The summed E-state index contributed by atoms with van der Waals surface area (Å²) in [7, 11) is 0. The molecule has 0 bridgehead atoms. The van der Waals surface area contributed by atoms with E-state index in [-0.39, 0.29) is 12.0 Å². The molecule has 1 aliphatic rings. The molecule has 5 nitrogen and oxygen atoms in total. The van der Waals surface area contributed by atoms with E-state index >= 15 is 0 Å². The molecule has 2 heterocycles. The molecule has 1 fully saturated rings. The largest absolute Gasteiger partial charge is 0.478 e. The van der Waals surface area contributed by atoms with Crippen molar-refractivity contribution in [2.75, 3.05) is 13.1 Å². The van der Waals surface area contributed by atoms with E-state index in [0.717, 1.165) is 52.8 Å². The first kappa shape index (κ1) is 26.6. The molecule has 5 aromatic rings. The van der Waals surface area contributed by atoms with Crippen LogP contribution in [0.5, 0.6) is 0 Å². The van der Waals surface area contributed by atoms with Gasteiger partial charge in [-0.1, -0.05) is 65.7 Å². The highest BCUT2D eigenvalue weighted by molar-refractivity contribution is 6.30. The fraction of sp³-hybridized carbons (Fsp3) is 0.212. The van der Waals surface area contributed by atoms with E-state index in [9.17, 15) is 9.90 Å². The molecule has 2 N–H and O–H groups in total. The zero-order valence-corrected chi connectivity index (χ0v) is 23.5. The van der Waals surface area contributed by atoms with Gasteiger partial charge in [-0.15, -0.1) is 0 Å². The molecule has 7 heteroatoms. The third-order valence-corrected chi connectivity index (χ3v) is 8.64. The van der Waals surface area contributed by atoms with Crippen LogP contribution in [0.3, 0.4) is 0 Å². The SMILES string of the molecule is CC(c1cccc(C(=O)O)c1)N1CCC(c2[nH]nc3ccc(C(c4ccc(Cl)cc4)c4ccc(Cl)cc4)cc23)C1. The maximum absolute atomic E-state index is 11.5. The minimum Gasteiger partial charge on any atom is -0.478 e. The van der Waals surface area contributed by atoms with Crippen LogP contribution >= 0.6 is 23.2 Å². The maximum atomic E-state index is 11.5. The molecule has 2 atom stereocenters. The molecular formula is C33H29Cl2N3O2. The van der Waals surface area contributed by atoms with Gasteiger partial charge in [-0.3, -0.25) is 10.00 Å². The normalized spacial score (nSPS) is 16.6. The summed E-state index contributed by atoms with van der Waals surface area (Å²) >= 11 is 12.4. The van der Waals surface area contributed by atoms with Crippen molar-refractivity contribution >= 4 is 40.1 Å². The molecule has 0 radical (unpaired) electrons. The van der Waals surface area contributed by atoms with Crippen molar-refractivity contribution in [3.05, 3.63) is 135 Å². The van der Waals surface area contributed by atoms with Gasteiger partial charge in [0.2, 0.25) is 0 Å². The molecule has 6 rings (SSSR count). The Balaban J connectivity index is 1.32. The Morgan fingerprint density at radius 1 is 0.900 bits per heavy atom. The molecule has 202 valence electrons. The van der Waals surface area contributed by atoms with E-state index in [1.165, 1.54) is 5.56 Å². The maximum Gasteiger partial charge on any atom is 0.335 e. The summed E-state index contributed by atoms with van der Waals surface area (Å²) in [5.41, 5.74) is 6.92. The van der Waals surface area contributed by atoms with Crippen LogP contribution in [0.15, 0.2) is 91.0 Å². The number of aromatic nitrogens is 2. The topological polar surface area (TPSA) is 69.2 Å². The monoisotopic (exact) mass is 569 g/mol. The van der Waals surface area contributed by atoms with E-state index in [1.54, 1.807) is 12.1 Å². The second-order valence-electron chi connectivity index (χ2n) is 10.5. The summed E-state index contributed by atoms with van der Waals surface area (Å²) in [6, 6.07) is 29.9. The molecule has 4 aromatic carbocycles. The van der Waals surface area contributed by atoms with E-state index in [1.807, 2.05) is 36.4 Å². The number of carboxylic acid groups (broad SMARTS) is 1. The number of H-pyrrole nitrogens is 1. The highest BCUT2D eigenvalue weighted by atomic mass is 35.5. The summed E-state index contributed by atoms with van der Waals surface area (Å²) in [5, 5.41) is 20.0. The number of fused-ring (bicyclic) bond motifs is 1. The zero-order chi connectivity index (χ0) is 27.8. The van der Waals surface area contributed by atoms with Crippen molar-refractivity contribution in [2.24, 2.45) is 0 Å². The van der Waals surface area contributed by atoms with E-state index in [4.69, 9.17) is 23.2 Å².